The average molecular weight is 225 g/mol. The van der Waals surface area contributed by atoms with Crippen LogP contribution < -0.4 is 0 Å². The molecule has 2 atom stereocenters. The molecule has 82 valence electrons. The van der Waals surface area contributed by atoms with Gasteiger partial charge in [-0.2, -0.15) is 0 Å². The maximum absolute atomic E-state index is 5.93. The molecule has 1 saturated heterocycles. The number of epoxide rings is 1. The summed E-state index contributed by atoms with van der Waals surface area (Å²) in [5.74, 6) is 0.699. The highest BCUT2D eigenvalue weighted by Crippen LogP contribution is 2.48. The molecular formula is C13H17ClO. The van der Waals surface area contributed by atoms with Crippen LogP contribution in [0.5, 0.6) is 0 Å². The summed E-state index contributed by atoms with van der Waals surface area (Å²) in [6.45, 7) is 6.49. The first-order chi connectivity index (χ1) is 7.02. The van der Waals surface area contributed by atoms with Crippen molar-refractivity contribution in [2.75, 3.05) is 0 Å². The Morgan fingerprint density at radius 3 is 2.27 bits per heavy atom. The van der Waals surface area contributed by atoms with E-state index in [-0.39, 0.29) is 11.2 Å². The van der Waals surface area contributed by atoms with Crippen molar-refractivity contribution >= 4 is 11.6 Å². The minimum atomic E-state index is -0.252. The molecule has 0 saturated carbocycles. The zero-order chi connectivity index (χ0) is 11.1. The standard InChI is InChI=1S/C13H17ClO/c1-9(2)8-10-4-6-11(7-5-10)13(3)12(14)15-13/h4-7,9,12H,8H2,1-3H3. The predicted molar refractivity (Wildman–Crippen MR) is 63.1 cm³/mol. The van der Waals surface area contributed by atoms with E-state index >= 15 is 0 Å². The van der Waals surface area contributed by atoms with Gasteiger partial charge in [0.1, 0.15) is 5.60 Å². The Hall–Kier alpha value is -0.530. The second-order valence-electron chi connectivity index (χ2n) is 4.84. The van der Waals surface area contributed by atoms with Crippen molar-refractivity contribution in [3.8, 4) is 0 Å². The fourth-order valence-electron chi connectivity index (χ4n) is 1.82. The van der Waals surface area contributed by atoms with E-state index in [2.05, 4.69) is 38.1 Å². The van der Waals surface area contributed by atoms with Crippen LogP contribution in [0, 0.1) is 5.92 Å². The third kappa shape index (κ3) is 2.19. The van der Waals surface area contributed by atoms with Gasteiger partial charge in [0.15, 0.2) is 5.56 Å². The number of benzene rings is 1. The van der Waals surface area contributed by atoms with Crippen LogP contribution in [-0.4, -0.2) is 5.56 Å². The van der Waals surface area contributed by atoms with Crippen LogP contribution >= 0.6 is 11.6 Å². The molecule has 0 aromatic heterocycles. The van der Waals surface area contributed by atoms with E-state index in [0.717, 1.165) is 6.42 Å². The van der Waals surface area contributed by atoms with Crippen molar-refractivity contribution in [3.05, 3.63) is 35.4 Å². The zero-order valence-electron chi connectivity index (χ0n) is 9.46. The van der Waals surface area contributed by atoms with Gasteiger partial charge in [0.25, 0.3) is 0 Å². The zero-order valence-corrected chi connectivity index (χ0v) is 10.2. The van der Waals surface area contributed by atoms with Crippen molar-refractivity contribution in [1.29, 1.82) is 0 Å². The lowest BCUT2D eigenvalue weighted by molar-refractivity contribution is 0.325. The summed E-state index contributed by atoms with van der Waals surface area (Å²) in [5.41, 5.74) is 2.14. The minimum absolute atomic E-state index is 0.159. The Morgan fingerprint density at radius 1 is 1.33 bits per heavy atom. The number of halogens is 1. The topological polar surface area (TPSA) is 12.5 Å². The molecule has 1 nitrogen and oxygen atoms in total. The highest BCUT2D eigenvalue weighted by atomic mass is 35.5. The van der Waals surface area contributed by atoms with E-state index in [0.29, 0.717) is 5.92 Å². The van der Waals surface area contributed by atoms with E-state index < -0.39 is 0 Å². The second-order valence-corrected chi connectivity index (χ2v) is 5.23. The van der Waals surface area contributed by atoms with Gasteiger partial charge in [-0.3, -0.25) is 0 Å². The fraction of sp³-hybridized carbons (Fsp3) is 0.538. The van der Waals surface area contributed by atoms with E-state index in [4.69, 9.17) is 16.3 Å². The minimum Gasteiger partial charge on any atom is -0.344 e. The molecule has 1 fully saturated rings. The fourth-order valence-corrected chi connectivity index (χ4v) is 2.13. The van der Waals surface area contributed by atoms with Crippen LogP contribution in [0.15, 0.2) is 24.3 Å². The van der Waals surface area contributed by atoms with Gasteiger partial charge in [0.2, 0.25) is 0 Å². The third-order valence-electron chi connectivity index (χ3n) is 2.90. The van der Waals surface area contributed by atoms with Crippen molar-refractivity contribution in [3.63, 3.8) is 0 Å². The lowest BCUT2D eigenvalue weighted by atomic mass is 9.97. The molecule has 0 aliphatic carbocycles. The Labute approximate surface area is 96.4 Å². The highest BCUT2D eigenvalue weighted by molar-refractivity contribution is 6.22. The number of hydrogen-bond acceptors (Lipinski definition) is 1. The molecule has 2 unspecified atom stereocenters. The van der Waals surface area contributed by atoms with E-state index in [1.54, 1.807) is 0 Å². The summed E-state index contributed by atoms with van der Waals surface area (Å²) in [4.78, 5) is 0. The van der Waals surface area contributed by atoms with Crippen LogP contribution in [0.2, 0.25) is 0 Å². The summed E-state index contributed by atoms with van der Waals surface area (Å²) in [6, 6.07) is 8.60. The third-order valence-corrected chi connectivity index (χ3v) is 3.40. The molecule has 1 aromatic carbocycles. The number of rotatable bonds is 3. The van der Waals surface area contributed by atoms with E-state index in [1.165, 1.54) is 11.1 Å². The first kappa shape index (κ1) is 11.0. The maximum atomic E-state index is 5.93. The molecule has 1 aromatic rings. The average Bonchev–Trinajstić information content (AvgIpc) is 2.76. The maximum Gasteiger partial charge on any atom is 0.165 e. The molecule has 0 N–H and O–H groups in total. The second kappa shape index (κ2) is 3.80. The molecule has 15 heavy (non-hydrogen) atoms. The first-order valence-electron chi connectivity index (χ1n) is 5.43. The molecule has 0 spiro atoms. The van der Waals surface area contributed by atoms with Crippen LogP contribution in [0.4, 0.5) is 0 Å². The molecule has 1 aliphatic rings. The lowest BCUT2D eigenvalue weighted by Gasteiger charge is -2.08. The monoisotopic (exact) mass is 224 g/mol. The van der Waals surface area contributed by atoms with Crippen LogP contribution in [0.1, 0.15) is 31.9 Å². The summed E-state index contributed by atoms with van der Waals surface area (Å²) in [6.07, 6.45) is 1.13. The molecule has 0 bridgehead atoms. The molecule has 0 amide bonds. The molecule has 2 rings (SSSR count). The van der Waals surface area contributed by atoms with E-state index in [1.807, 2.05) is 6.92 Å². The van der Waals surface area contributed by atoms with Gasteiger partial charge in [0, 0.05) is 0 Å². The van der Waals surface area contributed by atoms with Gasteiger partial charge in [-0.05, 0) is 30.4 Å². The van der Waals surface area contributed by atoms with E-state index in [9.17, 15) is 0 Å². The molecule has 0 radical (unpaired) electrons. The van der Waals surface area contributed by atoms with Gasteiger partial charge in [0.05, 0.1) is 0 Å². The number of ether oxygens (including phenoxy) is 1. The summed E-state index contributed by atoms with van der Waals surface area (Å²) in [5, 5.41) is 0. The molecular weight excluding hydrogens is 208 g/mol. The normalized spacial score (nSPS) is 29.5. The van der Waals surface area contributed by atoms with Crippen molar-refractivity contribution in [1.82, 2.24) is 0 Å². The number of alkyl halides is 1. The summed E-state index contributed by atoms with van der Waals surface area (Å²) in [7, 11) is 0. The molecule has 1 heterocycles. The lowest BCUT2D eigenvalue weighted by Crippen LogP contribution is -2.04. The quantitative estimate of drug-likeness (QED) is 0.564. The molecule has 1 aliphatic heterocycles. The van der Waals surface area contributed by atoms with Crippen molar-refractivity contribution in [2.45, 2.75) is 38.4 Å². The van der Waals surface area contributed by atoms with Crippen molar-refractivity contribution < 1.29 is 4.74 Å². The van der Waals surface area contributed by atoms with Gasteiger partial charge in [-0.1, -0.05) is 49.7 Å². The first-order valence-corrected chi connectivity index (χ1v) is 5.87. The largest absolute Gasteiger partial charge is 0.344 e. The highest BCUT2D eigenvalue weighted by Gasteiger charge is 2.52. The SMILES string of the molecule is CC(C)Cc1ccc(C2(C)OC2Cl)cc1. The smallest absolute Gasteiger partial charge is 0.165 e. The van der Waals surface area contributed by atoms with Crippen molar-refractivity contribution in [2.24, 2.45) is 5.92 Å². The number of hydrogen-bond donors (Lipinski definition) is 0. The van der Waals surface area contributed by atoms with Crippen LogP contribution in [-0.2, 0) is 16.8 Å². The Kier molecular flexibility index (Phi) is 2.78. The predicted octanol–water partition coefficient (Wildman–Crippen LogP) is 3.70. The Bertz CT molecular complexity index is 344. The van der Waals surface area contributed by atoms with Crippen LogP contribution in [0.3, 0.4) is 0 Å². The van der Waals surface area contributed by atoms with Crippen LogP contribution in [0.25, 0.3) is 0 Å². The summed E-state index contributed by atoms with van der Waals surface area (Å²) >= 11 is 5.93. The summed E-state index contributed by atoms with van der Waals surface area (Å²) < 4.78 is 5.38. The van der Waals surface area contributed by atoms with Gasteiger partial charge < -0.3 is 4.74 Å². The molecule has 2 heteroatoms. The Balaban J connectivity index is 2.11. The van der Waals surface area contributed by atoms with Gasteiger partial charge >= 0.3 is 0 Å². The Morgan fingerprint density at radius 2 is 1.87 bits per heavy atom. The van der Waals surface area contributed by atoms with Gasteiger partial charge in [-0.25, -0.2) is 0 Å². The van der Waals surface area contributed by atoms with Gasteiger partial charge in [-0.15, -0.1) is 0 Å².